The molecule has 13 heteroatoms. The number of hydrogen-bond donors (Lipinski definition) is 7. The molecule has 0 heterocycles. The molecule has 0 aromatic carbocycles. The van der Waals surface area contributed by atoms with E-state index in [1.165, 1.54) is 6.92 Å². The van der Waals surface area contributed by atoms with Gasteiger partial charge in [0, 0.05) is 13.5 Å². The van der Waals surface area contributed by atoms with Crippen molar-refractivity contribution in [3.63, 3.8) is 0 Å². The first kappa shape index (κ1) is 33.9. The first-order chi connectivity index (χ1) is 17.5. The van der Waals surface area contributed by atoms with Crippen LogP contribution in [0.3, 0.4) is 0 Å². The highest BCUT2D eigenvalue weighted by Gasteiger charge is 2.29. The molecule has 0 fully saturated rings. The van der Waals surface area contributed by atoms with Gasteiger partial charge in [-0.2, -0.15) is 0 Å². The predicted molar refractivity (Wildman–Crippen MR) is 137 cm³/mol. The van der Waals surface area contributed by atoms with Gasteiger partial charge in [0.25, 0.3) is 0 Å². The van der Waals surface area contributed by atoms with Crippen LogP contribution in [-0.2, 0) is 28.8 Å². The molecule has 212 valence electrons. The van der Waals surface area contributed by atoms with E-state index in [0.717, 1.165) is 12.8 Å². The molecule has 0 aromatic rings. The number of carbonyl (C=O) groups is 6. The third-order valence-electron chi connectivity index (χ3n) is 5.51. The van der Waals surface area contributed by atoms with Gasteiger partial charge in [0.15, 0.2) is 0 Å². The van der Waals surface area contributed by atoms with Crippen LogP contribution >= 0.6 is 0 Å². The number of amides is 5. The Balaban J connectivity index is 5.31. The summed E-state index contributed by atoms with van der Waals surface area (Å²) in [5.74, 6) is -2.98. The number of aliphatic hydroxyl groups excluding tert-OH is 1. The van der Waals surface area contributed by atoms with Crippen molar-refractivity contribution in [1.29, 1.82) is 0 Å². The SMILES string of the molecule is CCCC[C@@H](C=O)NC(=O)[C@@H](NC(=O)[C@H](CCCCNC(C)=O)NC(=O)CNC(=O)[C@@H](N)CO)C(C)C. The summed E-state index contributed by atoms with van der Waals surface area (Å²) in [6.07, 6.45) is 4.01. The fourth-order valence-electron chi connectivity index (χ4n) is 3.29. The third-order valence-corrected chi connectivity index (χ3v) is 5.51. The molecule has 0 saturated heterocycles. The zero-order chi connectivity index (χ0) is 28.4. The monoisotopic (exact) mass is 528 g/mol. The Kier molecular flexibility index (Phi) is 17.5. The third kappa shape index (κ3) is 14.9. The standard InChI is InChI=1S/C24H44N6O7/c1-5-6-9-17(13-31)28-24(37)21(15(2)3)30-23(36)19(10-7-8-11-26-16(4)33)29-20(34)12-27-22(35)18(25)14-32/h13,15,17-19,21,32H,5-12,14,25H2,1-4H3,(H,26,33)(H,27,35)(H,28,37)(H,29,34)(H,30,36)/t17-,18-,19-,21-/m0/s1. The highest BCUT2D eigenvalue weighted by molar-refractivity contribution is 5.94. The number of hydrogen-bond acceptors (Lipinski definition) is 8. The molecule has 0 unspecified atom stereocenters. The molecular formula is C24H44N6O7. The summed E-state index contributed by atoms with van der Waals surface area (Å²) >= 11 is 0. The lowest BCUT2D eigenvalue weighted by molar-refractivity contribution is -0.134. The van der Waals surface area contributed by atoms with Crippen molar-refractivity contribution in [3.05, 3.63) is 0 Å². The van der Waals surface area contributed by atoms with Gasteiger partial charge in [-0.05, 0) is 31.6 Å². The quantitative estimate of drug-likeness (QED) is 0.0751. The summed E-state index contributed by atoms with van der Waals surface area (Å²) < 4.78 is 0. The largest absolute Gasteiger partial charge is 0.394 e. The van der Waals surface area contributed by atoms with Crippen molar-refractivity contribution in [2.24, 2.45) is 11.7 Å². The summed E-state index contributed by atoms with van der Waals surface area (Å²) in [6, 6.07) is -3.82. The van der Waals surface area contributed by atoms with Crippen LogP contribution in [-0.4, -0.2) is 84.8 Å². The van der Waals surface area contributed by atoms with E-state index in [-0.39, 0.29) is 18.2 Å². The Morgan fingerprint density at radius 3 is 2.11 bits per heavy atom. The number of aldehydes is 1. The summed E-state index contributed by atoms with van der Waals surface area (Å²) in [5.41, 5.74) is 5.40. The van der Waals surface area contributed by atoms with Gasteiger partial charge >= 0.3 is 0 Å². The zero-order valence-corrected chi connectivity index (χ0v) is 22.3. The zero-order valence-electron chi connectivity index (χ0n) is 22.3. The van der Waals surface area contributed by atoms with E-state index in [9.17, 15) is 28.8 Å². The van der Waals surface area contributed by atoms with Crippen LogP contribution < -0.4 is 32.3 Å². The van der Waals surface area contributed by atoms with Crippen molar-refractivity contribution >= 4 is 35.8 Å². The Morgan fingerprint density at radius 2 is 1.57 bits per heavy atom. The highest BCUT2D eigenvalue weighted by atomic mass is 16.3. The van der Waals surface area contributed by atoms with E-state index in [0.29, 0.717) is 32.1 Å². The first-order valence-electron chi connectivity index (χ1n) is 12.7. The van der Waals surface area contributed by atoms with Gasteiger partial charge in [-0.3, -0.25) is 24.0 Å². The van der Waals surface area contributed by atoms with Crippen molar-refractivity contribution in [3.8, 4) is 0 Å². The number of unbranched alkanes of at least 4 members (excludes halogenated alkanes) is 2. The second kappa shape index (κ2) is 19.1. The smallest absolute Gasteiger partial charge is 0.243 e. The van der Waals surface area contributed by atoms with Crippen LogP contribution in [0.2, 0.25) is 0 Å². The van der Waals surface area contributed by atoms with Gasteiger partial charge in [-0.1, -0.05) is 33.6 Å². The van der Waals surface area contributed by atoms with E-state index < -0.39 is 60.9 Å². The van der Waals surface area contributed by atoms with Crippen LogP contribution in [0.4, 0.5) is 0 Å². The normalized spacial score (nSPS) is 14.0. The van der Waals surface area contributed by atoms with Crippen LogP contribution in [0.15, 0.2) is 0 Å². The number of carbonyl (C=O) groups excluding carboxylic acids is 6. The maximum absolute atomic E-state index is 13.1. The van der Waals surface area contributed by atoms with Gasteiger partial charge in [0.2, 0.25) is 29.5 Å². The second-order valence-corrected chi connectivity index (χ2v) is 9.23. The number of nitrogens with two attached hydrogens (primary N) is 1. The van der Waals surface area contributed by atoms with E-state index in [4.69, 9.17) is 10.8 Å². The average Bonchev–Trinajstić information content (AvgIpc) is 2.85. The fourth-order valence-corrected chi connectivity index (χ4v) is 3.29. The molecule has 5 amide bonds. The van der Waals surface area contributed by atoms with Crippen molar-refractivity contribution in [2.75, 3.05) is 19.7 Å². The molecule has 0 aliphatic rings. The van der Waals surface area contributed by atoms with Crippen LogP contribution in [0.25, 0.3) is 0 Å². The molecular weight excluding hydrogens is 484 g/mol. The second-order valence-electron chi connectivity index (χ2n) is 9.23. The molecule has 4 atom stereocenters. The molecule has 0 radical (unpaired) electrons. The minimum Gasteiger partial charge on any atom is -0.394 e. The van der Waals surface area contributed by atoms with Gasteiger partial charge in [-0.25, -0.2) is 0 Å². The molecule has 0 bridgehead atoms. The summed E-state index contributed by atoms with van der Waals surface area (Å²) in [7, 11) is 0. The van der Waals surface area contributed by atoms with Crippen molar-refractivity contribution < 1.29 is 33.9 Å². The molecule has 0 spiro atoms. The van der Waals surface area contributed by atoms with E-state index in [1.54, 1.807) is 13.8 Å². The Hall–Kier alpha value is -3.06. The molecule has 13 nitrogen and oxygen atoms in total. The van der Waals surface area contributed by atoms with Gasteiger partial charge in [0.05, 0.1) is 19.2 Å². The van der Waals surface area contributed by atoms with E-state index in [1.807, 2.05) is 6.92 Å². The first-order valence-corrected chi connectivity index (χ1v) is 12.7. The molecule has 0 aliphatic heterocycles. The fraction of sp³-hybridized carbons (Fsp3) is 0.750. The predicted octanol–water partition coefficient (Wildman–Crippen LogP) is -1.77. The van der Waals surface area contributed by atoms with Gasteiger partial charge in [-0.15, -0.1) is 0 Å². The molecule has 37 heavy (non-hydrogen) atoms. The molecule has 0 aromatic heterocycles. The number of nitrogens with one attached hydrogen (secondary N) is 5. The van der Waals surface area contributed by atoms with Crippen molar-refractivity contribution in [2.45, 2.75) is 90.4 Å². The topological polar surface area (TPSA) is 209 Å². The molecule has 0 rings (SSSR count). The Morgan fingerprint density at radius 1 is 0.892 bits per heavy atom. The molecule has 8 N–H and O–H groups in total. The maximum atomic E-state index is 13.1. The Bertz CT molecular complexity index is 762. The van der Waals surface area contributed by atoms with Crippen LogP contribution in [0.5, 0.6) is 0 Å². The summed E-state index contributed by atoms with van der Waals surface area (Å²) in [6.45, 7) is 6.19. The average molecular weight is 529 g/mol. The minimum atomic E-state index is -1.18. The lowest BCUT2D eigenvalue weighted by Gasteiger charge is -2.26. The minimum absolute atomic E-state index is 0.183. The van der Waals surface area contributed by atoms with E-state index >= 15 is 0 Å². The lowest BCUT2D eigenvalue weighted by Crippen LogP contribution is -2.57. The molecule has 0 saturated carbocycles. The summed E-state index contributed by atoms with van der Waals surface area (Å²) in [5, 5.41) is 21.7. The Labute approximate surface area is 218 Å². The molecule has 0 aliphatic carbocycles. The number of aliphatic hydroxyl groups is 1. The van der Waals surface area contributed by atoms with E-state index in [2.05, 4.69) is 26.6 Å². The van der Waals surface area contributed by atoms with Crippen LogP contribution in [0.1, 0.15) is 66.2 Å². The van der Waals surface area contributed by atoms with Gasteiger partial charge in [0.1, 0.15) is 24.4 Å². The highest BCUT2D eigenvalue weighted by Crippen LogP contribution is 2.07. The lowest BCUT2D eigenvalue weighted by atomic mass is 10.0. The summed E-state index contributed by atoms with van der Waals surface area (Å²) in [4.78, 5) is 72.5. The van der Waals surface area contributed by atoms with Crippen molar-refractivity contribution in [1.82, 2.24) is 26.6 Å². The number of rotatable bonds is 19. The van der Waals surface area contributed by atoms with Crippen LogP contribution in [0, 0.1) is 5.92 Å². The van der Waals surface area contributed by atoms with Gasteiger partial charge < -0.3 is 42.2 Å². The maximum Gasteiger partial charge on any atom is 0.243 e.